The zero-order valence-corrected chi connectivity index (χ0v) is 18.4. The first-order valence-electron chi connectivity index (χ1n) is 10.7. The zero-order valence-electron chi connectivity index (χ0n) is 18.4. The highest BCUT2D eigenvalue weighted by Gasteiger charge is 2.24. The van der Waals surface area contributed by atoms with Gasteiger partial charge in [0.05, 0.1) is 12.1 Å². The molecule has 3 heterocycles. The summed E-state index contributed by atoms with van der Waals surface area (Å²) >= 11 is 0. The number of aromatic hydroxyl groups is 1. The van der Waals surface area contributed by atoms with Crippen LogP contribution in [0, 0.1) is 5.82 Å². The van der Waals surface area contributed by atoms with Gasteiger partial charge in [0.2, 0.25) is 5.91 Å². The lowest BCUT2D eigenvalue weighted by Crippen LogP contribution is -2.26. The summed E-state index contributed by atoms with van der Waals surface area (Å²) in [6, 6.07) is 6.18. The van der Waals surface area contributed by atoms with E-state index in [1.54, 1.807) is 24.0 Å². The maximum Gasteiger partial charge on any atom is 0.347 e. The lowest BCUT2D eigenvalue weighted by atomic mass is 9.99. The third-order valence-electron chi connectivity index (χ3n) is 5.84. The van der Waals surface area contributed by atoms with Crippen molar-refractivity contribution in [3.63, 3.8) is 0 Å². The third kappa shape index (κ3) is 4.30. The number of aryl methyl sites for hydroxylation is 1. The molecule has 9 heteroatoms. The Bertz CT molecular complexity index is 1320. The lowest BCUT2D eigenvalue weighted by molar-refractivity contribution is -0.128. The molecule has 0 saturated carbocycles. The van der Waals surface area contributed by atoms with E-state index >= 15 is 0 Å². The van der Waals surface area contributed by atoms with Crippen molar-refractivity contribution in [1.82, 2.24) is 14.5 Å². The van der Waals surface area contributed by atoms with Gasteiger partial charge in [0.25, 0.3) is 5.56 Å². The van der Waals surface area contributed by atoms with Gasteiger partial charge in [0, 0.05) is 32.8 Å². The number of rotatable bonds is 6. The Morgan fingerprint density at radius 1 is 1.24 bits per heavy atom. The minimum atomic E-state index is -0.907. The molecule has 1 aliphatic rings. The van der Waals surface area contributed by atoms with Crippen molar-refractivity contribution in [2.45, 2.75) is 32.7 Å². The summed E-state index contributed by atoms with van der Waals surface area (Å²) in [4.78, 5) is 42.9. The Balaban J connectivity index is 1.71. The van der Waals surface area contributed by atoms with Gasteiger partial charge in [-0.25, -0.2) is 9.18 Å². The number of aromatic nitrogens is 2. The molecule has 0 radical (unpaired) electrons. The van der Waals surface area contributed by atoms with Gasteiger partial charge in [0.15, 0.2) is 11.3 Å². The predicted molar refractivity (Wildman–Crippen MR) is 118 cm³/mol. The van der Waals surface area contributed by atoms with Crippen LogP contribution in [0.25, 0.3) is 11.0 Å². The van der Waals surface area contributed by atoms with Crippen molar-refractivity contribution in [1.29, 1.82) is 0 Å². The summed E-state index contributed by atoms with van der Waals surface area (Å²) in [6.45, 7) is 2.65. The van der Waals surface area contributed by atoms with Crippen molar-refractivity contribution in [3.8, 4) is 5.75 Å². The van der Waals surface area contributed by atoms with E-state index in [9.17, 15) is 23.9 Å². The number of amides is 1. The minimum Gasteiger partial charge on any atom is -0.505 e. The average molecular weight is 453 g/mol. The van der Waals surface area contributed by atoms with Crippen LogP contribution in [0.15, 0.2) is 35.3 Å². The lowest BCUT2D eigenvalue weighted by Gasteiger charge is -2.18. The van der Waals surface area contributed by atoms with E-state index in [0.717, 1.165) is 17.5 Å². The number of pyridine rings is 2. The highest BCUT2D eigenvalue weighted by Crippen LogP contribution is 2.27. The number of ether oxygens (including phenoxy) is 1. The fraction of sp³-hybridized carbons (Fsp3) is 0.333. The van der Waals surface area contributed by atoms with Gasteiger partial charge in [-0.05, 0) is 54.7 Å². The number of likely N-dealkylation sites (tertiary alicyclic amines) is 1. The van der Waals surface area contributed by atoms with Crippen LogP contribution in [0.3, 0.4) is 0 Å². The summed E-state index contributed by atoms with van der Waals surface area (Å²) < 4.78 is 20.1. The molecular formula is C24H24FN3O5. The van der Waals surface area contributed by atoms with Crippen LogP contribution in [0.2, 0.25) is 0 Å². The molecule has 1 amide bonds. The second-order valence-electron chi connectivity index (χ2n) is 8.03. The van der Waals surface area contributed by atoms with E-state index in [1.165, 1.54) is 29.9 Å². The van der Waals surface area contributed by atoms with Crippen molar-refractivity contribution in [3.05, 3.63) is 68.9 Å². The number of carbonyl (C=O) groups is 2. The molecule has 0 unspecified atom stereocenters. The fourth-order valence-electron chi connectivity index (χ4n) is 4.12. The standard InChI is InChI=1S/C24H24FN3O5/c1-3-33-24(32)20-22(30)21-18(27(2)23(20)31)10-14(12-26-21)9-15-6-7-17(25)11-16(15)13-28-8-4-5-19(28)29/h6-7,10-12,30H,3-5,8-9,13H2,1-2H3. The maximum absolute atomic E-state index is 13.9. The number of halogens is 1. The number of esters is 1. The van der Waals surface area contributed by atoms with E-state index in [0.29, 0.717) is 37.0 Å². The van der Waals surface area contributed by atoms with Crippen molar-refractivity contribution in [2.75, 3.05) is 13.2 Å². The van der Waals surface area contributed by atoms with Crippen molar-refractivity contribution < 1.29 is 23.8 Å². The van der Waals surface area contributed by atoms with Crippen LogP contribution in [-0.2, 0) is 29.5 Å². The van der Waals surface area contributed by atoms with Crippen LogP contribution in [-0.4, -0.2) is 44.6 Å². The van der Waals surface area contributed by atoms with E-state index < -0.39 is 22.8 Å². The fourth-order valence-corrected chi connectivity index (χ4v) is 4.12. The van der Waals surface area contributed by atoms with E-state index in [-0.39, 0.29) is 23.8 Å². The summed E-state index contributed by atoms with van der Waals surface area (Å²) in [6.07, 6.45) is 3.22. The average Bonchev–Trinajstić information content (AvgIpc) is 3.18. The molecule has 4 rings (SSSR count). The monoisotopic (exact) mass is 453 g/mol. The first-order valence-corrected chi connectivity index (χ1v) is 10.7. The van der Waals surface area contributed by atoms with Gasteiger partial charge >= 0.3 is 5.97 Å². The minimum absolute atomic E-state index is 0.0560. The molecule has 8 nitrogen and oxygen atoms in total. The number of carbonyl (C=O) groups excluding carboxylic acids is 2. The Morgan fingerprint density at radius 3 is 2.73 bits per heavy atom. The molecule has 1 aliphatic heterocycles. The number of benzene rings is 1. The second-order valence-corrected chi connectivity index (χ2v) is 8.03. The molecule has 172 valence electrons. The van der Waals surface area contributed by atoms with Gasteiger partial charge in [-0.1, -0.05) is 6.07 Å². The van der Waals surface area contributed by atoms with Gasteiger partial charge in [-0.2, -0.15) is 0 Å². The predicted octanol–water partition coefficient (Wildman–Crippen LogP) is 2.67. The normalized spacial score (nSPS) is 13.7. The molecule has 1 aromatic carbocycles. The molecule has 3 aromatic rings. The molecule has 33 heavy (non-hydrogen) atoms. The van der Waals surface area contributed by atoms with Gasteiger partial charge < -0.3 is 19.3 Å². The Hall–Kier alpha value is -3.75. The molecule has 2 aromatic heterocycles. The molecule has 0 bridgehead atoms. The molecule has 1 saturated heterocycles. The highest BCUT2D eigenvalue weighted by atomic mass is 19.1. The summed E-state index contributed by atoms with van der Waals surface area (Å²) in [5.74, 6) is -1.75. The van der Waals surface area contributed by atoms with Crippen LogP contribution in [0.4, 0.5) is 4.39 Å². The van der Waals surface area contributed by atoms with Crippen molar-refractivity contribution >= 4 is 22.9 Å². The third-order valence-corrected chi connectivity index (χ3v) is 5.84. The van der Waals surface area contributed by atoms with Crippen LogP contribution in [0.5, 0.6) is 5.75 Å². The van der Waals surface area contributed by atoms with Gasteiger partial charge in [-0.15, -0.1) is 0 Å². The quantitative estimate of drug-likeness (QED) is 0.576. The first-order chi connectivity index (χ1) is 15.8. The molecule has 0 atom stereocenters. The molecule has 1 N–H and O–H groups in total. The summed E-state index contributed by atoms with van der Waals surface area (Å²) in [7, 11) is 1.49. The largest absolute Gasteiger partial charge is 0.505 e. The summed E-state index contributed by atoms with van der Waals surface area (Å²) in [5.41, 5.74) is 1.57. The topological polar surface area (TPSA) is 102 Å². The van der Waals surface area contributed by atoms with Crippen LogP contribution < -0.4 is 5.56 Å². The second kappa shape index (κ2) is 9.01. The van der Waals surface area contributed by atoms with Crippen LogP contribution >= 0.6 is 0 Å². The summed E-state index contributed by atoms with van der Waals surface area (Å²) in [5, 5.41) is 10.5. The van der Waals surface area contributed by atoms with Gasteiger partial charge in [-0.3, -0.25) is 14.6 Å². The highest BCUT2D eigenvalue weighted by molar-refractivity contribution is 5.98. The smallest absolute Gasteiger partial charge is 0.347 e. The Kier molecular flexibility index (Phi) is 6.13. The van der Waals surface area contributed by atoms with E-state index in [2.05, 4.69) is 4.98 Å². The molecular weight excluding hydrogens is 429 g/mol. The molecule has 0 aliphatic carbocycles. The van der Waals surface area contributed by atoms with E-state index in [1.807, 2.05) is 0 Å². The number of nitrogens with zero attached hydrogens (tertiary/aromatic N) is 3. The van der Waals surface area contributed by atoms with Crippen molar-refractivity contribution in [2.24, 2.45) is 7.05 Å². The molecule has 1 fully saturated rings. The maximum atomic E-state index is 13.9. The Morgan fingerprint density at radius 2 is 2.03 bits per heavy atom. The number of hydrogen-bond donors (Lipinski definition) is 1. The van der Waals surface area contributed by atoms with Crippen LogP contribution in [0.1, 0.15) is 46.8 Å². The molecule has 0 spiro atoms. The number of fused-ring (bicyclic) bond motifs is 1. The SMILES string of the molecule is CCOC(=O)c1c(O)c2ncc(Cc3ccc(F)cc3CN3CCCC3=O)cc2n(C)c1=O. The van der Waals surface area contributed by atoms with Gasteiger partial charge in [0.1, 0.15) is 11.3 Å². The first kappa shape index (κ1) is 22.4. The number of hydrogen-bond acceptors (Lipinski definition) is 6. The van der Waals surface area contributed by atoms with E-state index in [4.69, 9.17) is 4.74 Å². The zero-order chi connectivity index (χ0) is 23.7. The Labute approximate surface area is 189 Å².